The van der Waals surface area contributed by atoms with Crippen LogP contribution in [0.5, 0.6) is 0 Å². The van der Waals surface area contributed by atoms with Gasteiger partial charge in [-0.25, -0.2) is 9.37 Å². The van der Waals surface area contributed by atoms with Gasteiger partial charge in [0.1, 0.15) is 11.5 Å². The summed E-state index contributed by atoms with van der Waals surface area (Å²) in [7, 11) is 0. The Hall–Kier alpha value is -3.16. The number of piperidine rings is 1. The quantitative estimate of drug-likeness (QED) is 0.720. The molecule has 7 nitrogen and oxygen atoms in total. The third-order valence-corrected chi connectivity index (χ3v) is 4.37. The van der Waals surface area contributed by atoms with Crippen LogP contribution in [0.1, 0.15) is 34.9 Å². The Bertz CT molecular complexity index is 915. The predicted octanol–water partition coefficient (Wildman–Crippen LogP) is 2.69. The van der Waals surface area contributed by atoms with Crippen LogP contribution in [0, 0.1) is 5.82 Å². The normalized spacial score (nSPS) is 17.3. The number of amides is 1. The fourth-order valence-corrected chi connectivity index (χ4v) is 3.09. The smallest absolute Gasteiger partial charge is 0.278 e. The van der Waals surface area contributed by atoms with Gasteiger partial charge in [0.05, 0.1) is 6.20 Å². The van der Waals surface area contributed by atoms with E-state index >= 15 is 0 Å². The van der Waals surface area contributed by atoms with Crippen molar-refractivity contribution in [2.75, 3.05) is 13.1 Å². The maximum absolute atomic E-state index is 13.4. The Morgan fingerprint density at radius 2 is 2.23 bits per heavy atom. The van der Waals surface area contributed by atoms with Crippen LogP contribution in [0.3, 0.4) is 0 Å². The van der Waals surface area contributed by atoms with Crippen molar-refractivity contribution in [2.24, 2.45) is 0 Å². The molecule has 1 saturated heterocycles. The number of hydrogen-bond donors (Lipinski definition) is 0. The van der Waals surface area contributed by atoms with E-state index in [1.165, 1.54) is 18.2 Å². The van der Waals surface area contributed by atoms with E-state index < -0.39 is 5.82 Å². The highest BCUT2D eigenvalue weighted by Crippen LogP contribution is 2.27. The second-order valence-corrected chi connectivity index (χ2v) is 6.15. The highest BCUT2D eigenvalue weighted by Gasteiger charge is 2.29. The SMILES string of the molecule is O=C(c1cccc(F)c1)N1CCC[C@@H](c2noc(-c3cnccn3)n2)C1. The lowest BCUT2D eigenvalue weighted by Crippen LogP contribution is -2.39. The molecule has 0 radical (unpaired) electrons. The minimum atomic E-state index is -0.420. The van der Waals surface area contributed by atoms with Gasteiger partial charge in [-0.05, 0) is 31.0 Å². The van der Waals surface area contributed by atoms with Crippen molar-refractivity contribution in [3.63, 3.8) is 0 Å². The van der Waals surface area contributed by atoms with Crippen LogP contribution in [0.15, 0.2) is 47.4 Å². The summed E-state index contributed by atoms with van der Waals surface area (Å²) >= 11 is 0. The first-order valence-electron chi connectivity index (χ1n) is 8.35. The van der Waals surface area contributed by atoms with E-state index in [2.05, 4.69) is 20.1 Å². The second-order valence-electron chi connectivity index (χ2n) is 6.15. The minimum Gasteiger partial charge on any atom is -0.338 e. The molecule has 1 atom stereocenters. The van der Waals surface area contributed by atoms with Gasteiger partial charge in [-0.2, -0.15) is 4.98 Å². The lowest BCUT2D eigenvalue weighted by molar-refractivity contribution is 0.0703. The molecule has 26 heavy (non-hydrogen) atoms. The van der Waals surface area contributed by atoms with E-state index in [4.69, 9.17) is 4.52 Å². The first-order valence-corrected chi connectivity index (χ1v) is 8.35. The molecule has 132 valence electrons. The minimum absolute atomic E-state index is 0.0320. The molecule has 0 saturated carbocycles. The largest absolute Gasteiger partial charge is 0.338 e. The van der Waals surface area contributed by atoms with Gasteiger partial charge in [0, 0.05) is 37.0 Å². The average Bonchev–Trinajstić information content (AvgIpc) is 3.18. The molecule has 4 rings (SSSR count). The Morgan fingerprint density at radius 1 is 1.31 bits per heavy atom. The Labute approximate surface area is 148 Å². The van der Waals surface area contributed by atoms with Crippen molar-refractivity contribution in [1.29, 1.82) is 0 Å². The fraction of sp³-hybridized carbons (Fsp3) is 0.278. The Kier molecular flexibility index (Phi) is 4.39. The number of hydrogen-bond acceptors (Lipinski definition) is 6. The van der Waals surface area contributed by atoms with Crippen LogP contribution in [0.2, 0.25) is 0 Å². The molecule has 0 bridgehead atoms. The molecule has 1 amide bonds. The standard InChI is InChI=1S/C18H16FN5O2/c19-14-5-1-3-12(9-14)18(25)24-8-2-4-13(11-24)16-22-17(26-23-16)15-10-20-6-7-21-15/h1,3,5-7,9-10,13H,2,4,8,11H2/t13-/m1/s1. The van der Waals surface area contributed by atoms with Crippen LogP contribution < -0.4 is 0 Å². The highest BCUT2D eigenvalue weighted by atomic mass is 19.1. The van der Waals surface area contributed by atoms with Crippen molar-refractivity contribution in [2.45, 2.75) is 18.8 Å². The van der Waals surface area contributed by atoms with Crippen LogP contribution in [0.4, 0.5) is 4.39 Å². The number of halogens is 1. The molecule has 3 aromatic rings. The monoisotopic (exact) mass is 353 g/mol. The van der Waals surface area contributed by atoms with Crippen molar-refractivity contribution in [3.05, 3.63) is 60.1 Å². The first kappa shape index (κ1) is 16.3. The van der Waals surface area contributed by atoms with Gasteiger partial charge in [0.2, 0.25) is 0 Å². The van der Waals surface area contributed by atoms with Crippen LogP contribution in [-0.4, -0.2) is 44.0 Å². The van der Waals surface area contributed by atoms with Crippen LogP contribution in [0.25, 0.3) is 11.6 Å². The molecule has 1 aliphatic rings. The summed E-state index contributed by atoms with van der Waals surface area (Å²) in [4.78, 5) is 26.9. The number of likely N-dealkylation sites (tertiary alicyclic amines) is 1. The van der Waals surface area contributed by atoms with E-state index in [0.29, 0.717) is 36.1 Å². The maximum Gasteiger partial charge on any atom is 0.278 e. The number of carbonyl (C=O) groups excluding carboxylic acids is 1. The van der Waals surface area contributed by atoms with Gasteiger partial charge in [0.15, 0.2) is 5.82 Å². The zero-order valence-electron chi connectivity index (χ0n) is 13.9. The Balaban J connectivity index is 1.50. The third kappa shape index (κ3) is 3.30. The van der Waals surface area contributed by atoms with E-state index in [1.807, 2.05) is 0 Å². The zero-order chi connectivity index (χ0) is 17.9. The zero-order valence-corrected chi connectivity index (χ0v) is 13.9. The van der Waals surface area contributed by atoms with Gasteiger partial charge in [-0.3, -0.25) is 9.78 Å². The maximum atomic E-state index is 13.4. The summed E-state index contributed by atoms with van der Waals surface area (Å²) in [5.41, 5.74) is 0.855. The number of benzene rings is 1. The van der Waals surface area contributed by atoms with Crippen molar-refractivity contribution in [3.8, 4) is 11.6 Å². The number of nitrogens with zero attached hydrogens (tertiary/aromatic N) is 5. The molecule has 0 spiro atoms. The van der Waals surface area contributed by atoms with E-state index in [-0.39, 0.29) is 11.8 Å². The molecular formula is C18H16FN5O2. The summed E-state index contributed by atoms with van der Waals surface area (Å²) in [5, 5.41) is 4.05. The summed E-state index contributed by atoms with van der Waals surface area (Å²) in [6.07, 6.45) is 6.35. The van der Waals surface area contributed by atoms with E-state index in [9.17, 15) is 9.18 Å². The van der Waals surface area contributed by atoms with Gasteiger partial charge < -0.3 is 9.42 Å². The fourth-order valence-electron chi connectivity index (χ4n) is 3.09. The first-order chi connectivity index (χ1) is 12.7. The topological polar surface area (TPSA) is 85.0 Å². The summed E-state index contributed by atoms with van der Waals surface area (Å²) in [6.45, 7) is 1.09. The van der Waals surface area contributed by atoms with Gasteiger partial charge in [-0.15, -0.1) is 0 Å². The summed E-state index contributed by atoms with van der Waals surface area (Å²) in [6, 6.07) is 5.74. The van der Waals surface area contributed by atoms with Crippen molar-refractivity contribution >= 4 is 5.91 Å². The summed E-state index contributed by atoms with van der Waals surface area (Å²) in [5.74, 6) is 0.211. The van der Waals surface area contributed by atoms with Gasteiger partial charge in [-0.1, -0.05) is 11.2 Å². The lowest BCUT2D eigenvalue weighted by atomic mass is 9.96. The molecular weight excluding hydrogens is 337 g/mol. The lowest BCUT2D eigenvalue weighted by Gasteiger charge is -2.31. The second kappa shape index (κ2) is 6.99. The van der Waals surface area contributed by atoms with Crippen molar-refractivity contribution < 1.29 is 13.7 Å². The Morgan fingerprint density at radius 3 is 3.04 bits per heavy atom. The van der Waals surface area contributed by atoms with Crippen LogP contribution >= 0.6 is 0 Å². The molecule has 3 heterocycles. The molecule has 0 unspecified atom stereocenters. The molecule has 1 aliphatic heterocycles. The van der Waals surface area contributed by atoms with Crippen LogP contribution in [-0.2, 0) is 0 Å². The number of aromatic nitrogens is 4. The van der Waals surface area contributed by atoms with Crippen molar-refractivity contribution in [1.82, 2.24) is 25.0 Å². The molecule has 1 fully saturated rings. The molecule has 1 aromatic carbocycles. The molecule has 0 N–H and O–H groups in total. The summed E-state index contributed by atoms with van der Waals surface area (Å²) < 4.78 is 18.7. The molecule has 2 aromatic heterocycles. The van der Waals surface area contributed by atoms with Gasteiger partial charge in [0.25, 0.3) is 11.8 Å². The van der Waals surface area contributed by atoms with E-state index in [1.54, 1.807) is 29.6 Å². The molecule has 8 heteroatoms. The van der Waals surface area contributed by atoms with Gasteiger partial charge >= 0.3 is 0 Å². The number of rotatable bonds is 3. The average molecular weight is 353 g/mol. The predicted molar refractivity (Wildman–Crippen MR) is 89.6 cm³/mol. The molecule has 0 aliphatic carbocycles. The van der Waals surface area contributed by atoms with E-state index in [0.717, 1.165) is 12.8 Å². The highest BCUT2D eigenvalue weighted by molar-refractivity contribution is 5.94. The third-order valence-electron chi connectivity index (χ3n) is 4.37. The number of carbonyl (C=O) groups is 1.